The third-order valence-corrected chi connectivity index (χ3v) is 9.32. The highest BCUT2D eigenvalue weighted by Crippen LogP contribution is 2.66. The Kier molecular flexibility index (Phi) is 5.75. The number of ether oxygens (including phenoxy) is 2. The molecule has 6 nitrogen and oxygen atoms in total. The smallest absolute Gasteiger partial charge is 0.338 e. The molecule has 1 aliphatic heterocycles. The van der Waals surface area contributed by atoms with E-state index in [4.69, 9.17) is 9.47 Å². The van der Waals surface area contributed by atoms with Crippen LogP contribution in [0.4, 0.5) is 5.69 Å². The van der Waals surface area contributed by atoms with Crippen molar-refractivity contribution in [2.24, 2.45) is 22.7 Å². The van der Waals surface area contributed by atoms with Crippen molar-refractivity contribution in [3.8, 4) is 0 Å². The van der Waals surface area contributed by atoms with Crippen LogP contribution in [-0.4, -0.2) is 28.2 Å². The zero-order valence-electron chi connectivity index (χ0n) is 20.6. The zero-order chi connectivity index (χ0) is 24.2. The number of carbonyl (C=O) groups is 1. The average molecular weight is 456 g/mol. The summed E-state index contributed by atoms with van der Waals surface area (Å²) in [6, 6.07) is 5.65. The normalized spacial score (nSPS) is 39.6. The van der Waals surface area contributed by atoms with Gasteiger partial charge in [-0.3, -0.25) is 10.1 Å². The van der Waals surface area contributed by atoms with E-state index in [1.807, 2.05) is 6.08 Å². The molecule has 0 spiro atoms. The number of nitrogens with zero attached hydrogens (tertiary/aromatic N) is 1. The lowest BCUT2D eigenvalue weighted by Gasteiger charge is -2.66. The van der Waals surface area contributed by atoms with Crippen LogP contribution in [0.15, 0.2) is 36.9 Å². The maximum absolute atomic E-state index is 12.9. The number of esters is 1. The maximum Gasteiger partial charge on any atom is 0.338 e. The van der Waals surface area contributed by atoms with Crippen LogP contribution in [-0.2, 0) is 9.47 Å². The summed E-state index contributed by atoms with van der Waals surface area (Å²) in [6.45, 7) is 15.4. The molecule has 6 atom stereocenters. The van der Waals surface area contributed by atoms with E-state index in [2.05, 4.69) is 41.2 Å². The van der Waals surface area contributed by atoms with E-state index in [0.717, 1.165) is 38.5 Å². The first-order chi connectivity index (χ1) is 15.3. The molecule has 1 unspecified atom stereocenters. The van der Waals surface area contributed by atoms with Crippen LogP contribution in [0.3, 0.4) is 0 Å². The number of hydrogen-bond donors (Lipinski definition) is 0. The molecule has 1 aromatic carbocycles. The van der Waals surface area contributed by atoms with Crippen LogP contribution in [0.25, 0.3) is 0 Å². The molecular weight excluding hydrogens is 418 g/mol. The number of non-ortho nitro benzene ring substituents is 1. The molecule has 4 rings (SSSR count). The van der Waals surface area contributed by atoms with E-state index in [1.165, 1.54) is 24.3 Å². The second-order valence-electron chi connectivity index (χ2n) is 11.7. The highest BCUT2D eigenvalue weighted by molar-refractivity contribution is 5.89. The second kappa shape index (κ2) is 7.93. The third-order valence-electron chi connectivity index (χ3n) is 9.32. The van der Waals surface area contributed by atoms with Crippen molar-refractivity contribution in [3.05, 3.63) is 52.6 Å². The molecule has 3 fully saturated rings. The van der Waals surface area contributed by atoms with Gasteiger partial charge in [0, 0.05) is 17.5 Å². The topological polar surface area (TPSA) is 78.7 Å². The molecule has 0 amide bonds. The van der Waals surface area contributed by atoms with Gasteiger partial charge in [-0.1, -0.05) is 26.8 Å². The summed E-state index contributed by atoms with van der Waals surface area (Å²) >= 11 is 0. The Morgan fingerprint density at radius 2 is 1.70 bits per heavy atom. The molecule has 0 N–H and O–H groups in total. The van der Waals surface area contributed by atoms with Crippen LogP contribution in [0.1, 0.15) is 83.5 Å². The third kappa shape index (κ3) is 3.90. The zero-order valence-corrected chi connectivity index (χ0v) is 20.6. The summed E-state index contributed by atoms with van der Waals surface area (Å²) in [5.74, 6) is 0.473. The van der Waals surface area contributed by atoms with E-state index in [-0.39, 0.29) is 33.8 Å². The van der Waals surface area contributed by atoms with E-state index >= 15 is 0 Å². The van der Waals surface area contributed by atoms with Crippen LogP contribution in [0.5, 0.6) is 0 Å². The van der Waals surface area contributed by atoms with Gasteiger partial charge in [0.25, 0.3) is 5.69 Å². The Bertz CT molecular complexity index is 956. The lowest BCUT2D eigenvalue weighted by molar-refractivity contribution is -0.384. The summed E-state index contributed by atoms with van der Waals surface area (Å²) in [7, 11) is 0. The fourth-order valence-electron chi connectivity index (χ4n) is 7.53. The number of benzene rings is 1. The lowest BCUT2D eigenvalue weighted by Crippen LogP contribution is -2.64. The molecule has 1 aromatic rings. The molecule has 3 aliphatic rings. The fraction of sp³-hybridized carbons (Fsp3) is 0.667. The number of carbonyl (C=O) groups excluding carboxylic acids is 1. The monoisotopic (exact) mass is 455 g/mol. The molecule has 0 aromatic heterocycles. The minimum atomic E-state index is -0.469. The van der Waals surface area contributed by atoms with Gasteiger partial charge in [0.1, 0.15) is 6.10 Å². The van der Waals surface area contributed by atoms with Gasteiger partial charge in [-0.05, 0) is 81.8 Å². The van der Waals surface area contributed by atoms with E-state index in [9.17, 15) is 14.9 Å². The lowest BCUT2D eigenvalue weighted by atomic mass is 9.44. The number of hydrogen-bond acceptors (Lipinski definition) is 5. The van der Waals surface area contributed by atoms with Crippen LogP contribution in [0, 0.1) is 32.8 Å². The van der Waals surface area contributed by atoms with Gasteiger partial charge in [0.2, 0.25) is 0 Å². The number of rotatable bonds is 4. The fourth-order valence-corrected chi connectivity index (χ4v) is 7.53. The summed E-state index contributed by atoms with van der Waals surface area (Å²) in [6.07, 6.45) is 7.71. The molecule has 1 saturated heterocycles. The van der Waals surface area contributed by atoms with Gasteiger partial charge in [-0.15, -0.1) is 6.58 Å². The summed E-state index contributed by atoms with van der Waals surface area (Å²) < 4.78 is 12.8. The Labute approximate surface area is 196 Å². The SMILES string of the molecule is C=C[C@@]1(C)CC[C@@H]2[C@](C)(CCC3C(C)(C)[C@H](OC(=O)c4ccc([N+](=O)[O-])cc4)CC[C@]32C)O1. The van der Waals surface area contributed by atoms with E-state index in [1.54, 1.807) is 0 Å². The minimum Gasteiger partial charge on any atom is -0.458 e. The van der Waals surface area contributed by atoms with Crippen LogP contribution in [0.2, 0.25) is 0 Å². The minimum absolute atomic E-state index is 0.0344. The average Bonchev–Trinajstić information content (AvgIpc) is 2.75. The number of nitro benzene ring substituents is 1. The number of fused-ring (bicyclic) bond motifs is 3. The molecule has 2 aliphatic carbocycles. The van der Waals surface area contributed by atoms with Crippen molar-refractivity contribution in [3.63, 3.8) is 0 Å². The van der Waals surface area contributed by atoms with Crippen molar-refractivity contribution in [2.75, 3.05) is 0 Å². The van der Waals surface area contributed by atoms with Crippen molar-refractivity contribution in [1.82, 2.24) is 0 Å². The first-order valence-electron chi connectivity index (χ1n) is 12.1. The summed E-state index contributed by atoms with van der Waals surface area (Å²) in [4.78, 5) is 23.3. The predicted octanol–water partition coefficient (Wildman–Crippen LogP) is 6.49. The number of nitro groups is 1. The first-order valence-corrected chi connectivity index (χ1v) is 12.1. The Hall–Kier alpha value is -2.21. The Morgan fingerprint density at radius 3 is 2.30 bits per heavy atom. The van der Waals surface area contributed by atoms with Gasteiger partial charge in [-0.2, -0.15) is 0 Å². The molecule has 6 heteroatoms. The first kappa shape index (κ1) is 23.9. The van der Waals surface area contributed by atoms with E-state index < -0.39 is 10.9 Å². The van der Waals surface area contributed by atoms with Gasteiger partial charge < -0.3 is 9.47 Å². The summed E-state index contributed by atoms with van der Waals surface area (Å²) in [5.41, 5.74) is -0.163. The van der Waals surface area contributed by atoms with Crippen LogP contribution >= 0.6 is 0 Å². The van der Waals surface area contributed by atoms with Crippen molar-refractivity contribution in [1.29, 1.82) is 0 Å². The van der Waals surface area contributed by atoms with Gasteiger partial charge in [0.15, 0.2) is 0 Å². The van der Waals surface area contributed by atoms with Crippen molar-refractivity contribution >= 4 is 11.7 Å². The quantitative estimate of drug-likeness (QED) is 0.224. The van der Waals surface area contributed by atoms with E-state index in [0.29, 0.717) is 17.4 Å². The van der Waals surface area contributed by atoms with Crippen molar-refractivity contribution in [2.45, 2.75) is 90.4 Å². The Morgan fingerprint density at radius 1 is 1.06 bits per heavy atom. The largest absolute Gasteiger partial charge is 0.458 e. The maximum atomic E-state index is 12.9. The van der Waals surface area contributed by atoms with Gasteiger partial charge in [-0.25, -0.2) is 4.79 Å². The summed E-state index contributed by atoms with van der Waals surface area (Å²) in [5, 5.41) is 10.9. The standard InChI is InChI=1S/C27H37NO5/c1-7-25(4)15-12-21-26(5)16-14-22(24(2,3)20(26)13-17-27(21,6)33-25)32-23(29)18-8-10-19(11-9-18)28(30)31/h7-11,20-22H,1,12-17H2,2-6H3/t20?,21-,22+,25-,26+,27-/m0/s1. The molecule has 1 heterocycles. The molecule has 180 valence electrons. The van der Waals surface area contributed by atoms with Crippen LogP contribution < -0.4 is 0 Å². The Balaban J connectivity index is 1.53. The second-order valence-corrected chi connectivity index (χ2v) is 11.7. The predicted molar refractivity (Wildman–Crippen MR) is 127 cm³/mol. The highest BCUT2D eigenvalue weighted by Gasteiger charge is 2.63. The van der Waals surface area contributed by atoms with Crippen molar-refractivity contribution < 1.29 is 19.2 Å². The van der Waals surface area contributed by atoms with Gasteiger partial charge in [0.05, 0.1) is 21.7 Å². The molecule has 0 bridgehead atoms. The van der Waals surface area contributed by atoms with Gasteiger partial charge >= 0.3 is 5.97 Å². The molecule has 0 radical (unpaired) electrons. The highest BCUT2D eigenvalue weighted by atomic mass is 16.6. The molecule has 33 heavy (non-hydrogen) atoms. The molecule has 2 saturated carbocycles. The molecular formula is C27H37NO5.